The van der Waals surface area contributed by atoms with E-state index in [1.165, 1.54) is 0 Å². The van der Waals surface area contributed by atoms with Crippen LogP contribution in [-0.2, 0) is 0 Å². The minimum atomic E-state index is -0.216. The van der Waals surface area contributed by atoms with Gasteiger partial charge >= 0.3 is 0 Å². The quantitative estimate of drug-likeness (QED) is 0.785. The Kier molecular flexibility index (Phi) is 3.12. The number of fused-ring (bicyclic) bond motifs is 1. The Bertz CT molecular complexity index is 823. The number of hydrogen-bond donors (Lipinski definition) is 1. The van der Waals surface area contributed by atoms with Crippen molar-refractivity contribution in [3.05, 3.63) is 53.0 Å². The Morgan fingerprint density at radius 2 is 1.90 bits per heavy atom. The van der Waals surface area contributed by atoms with E-state index >= 15 is 0 Å². The minimum Gasteiger partial charge on any atom is -0.369 e. The molecule has 1 aromatic carbocycles. The first-order valence-electron chi connectivity index (χ1n) is 6.84. The molecule has 2 heterocycles. The van der Waals surface area contributed by atoms with E-state index in [0.717, 1.165) is 22.4 Å². The molecule has 0 aliphatic heterocycles. The van der Waals surface area contributed by atoms with Gasteiger partial charge in [0.1, 0.15) is 11.3 Å². The Balaban J connectivity index is 2.16. The summed E-state index contributed by atoms with van der Waals surface area (Å²) in [5.74, 6) is 0.170. The van der Waals surface area contributed by atoms with Crippen LogP contribution < -0.4 is 5.73 Å². The summed E-state index contributed by atoms with van der Waals surface area (Å²) < 4.78 is 15.6. The summed E-state index contributed by atoms with van der Waals surface area (Å²) in [5.41, 5.74) is 9.86. The van der Waals surface area contributed by atoms with Crippen molar-refractivity contribution < 1.29 is 4.39 Å². The number of imidazole rings is 1. The summed E-state index contributed by atoms with van der Waals surface area (Å²) in [6.45, 7) is 5.63. The first-order chi connectivity index (χ1) is 9.97. The van der Waals surface area contributed by atoms with Crippen LogP contribution >= 0.6 is 0 Å². The summed E-state index contributed by atoms with van der Waals surface area (Å²) in [6.07, 6.45) is 0. The van der Waals surface area contributed by atoms with Crippen molar-refractivity contribution in [3.8, 4) is 0 Å². The van der Waals surface area contributed by atoms with E-state index in [1.807, 2.05) is 36.6 Å². The number of benzene rings is 1. The van der Waals surface area contributed by atoms with Crippen LogP contribution in [0.2, 0.25) is 0 Å². The molecule has 0 saturated heterocycles. The maximum absolute atomic E-state index is 13.8. The fourth-order valence-corrected chi connectivity index (χ4v) is 2.49. The zero-order valence-electron chi connectivity index (χ0n) is 12.3. The lowest BCUT2D eigenvalue weighted by atomic mass is 10.1. The molecule has 0 fully saturated rings. The highest BCUT2D eigenvalue weighted by Crippen LogP contribution is 2.27. The van der Waals surface area contributed by atoms with E-state index < -0.39 is 0 Å². The molecule has 0 bridgehead atoms. The van der Waals surface area contributed by atoms with Gasteiger partial charge in [0, 0.05) is 5.69 Å². The van der Waals surface area contributed by atoms with E-state index in [0.29, 0.717) is 11.5 Å². The van der Waals surface area contributed by atoms with Crippen LogP contribution in [0.1, 0.15) is 29.8 Å². The van der Waals surface area contributed by atoms with E-state index in [4.69, 9.17) is 5.73 Å². The summed E-state index contributed by atoms with van der Waals surface area (Å²) in [4.78, 5) is 8.83. The van der Waals surface area contributed by atoms with E-state index in [2.05, 4.69) is 9.97 Å². The maximum Gasteiger partial charge on any atom is 0.203 e. The second-order valence-corrected chi connectivity index (χ2v) is 5.32. The number of aryl methyl sites for hydroxylation is 2. The van der Waals surface area contributed by atoms with E-state index in [1.54, 1.807) is 19.1 Å². The second-order valence-electron chi connectivity index (χ2n) is 5.32. The molecule has 0 aliphatic rings. The van der Waals surface area contributed by atoms with Gasteiger partial charge in [-0.15, -0.1) is 0 Å². The summed E-state index contributed by atoms with van der Waals surface area (Å²) >= 11 is 0. The van der Waals surface area contributed by atoms with Crippen LogP contribution in [-0.4, -0.2) is 14.5 Å². The van der Waals surface area contributed by atoms with Crippen molar-refractivity contribution in [2.24, 2.45) is 0 Å². The average Bonchev–Trinajstić information content (AvgIpc) is 2.76. The number of nitrogens with zero attached hydrogens (tertiary/aromatic N) is 3. The summed E-state index contributed by atoms with van der Waals surface area (Å²) in [6, 6.07) is 8.88. The van der Waals surface area contributed by atoms with Crippen molar-refractivity contribution in [1.29, 1.82) is 0 Å². The van der Waals surface area contributed by atoms with Crippen LogP contribution in [0.3, 0.4) is 0 Å². The van der Waals surface area contributed by atoms with Crippen LogP contribution in [0.15, 0.2) is 30.3 Å². The highest BCUT2D eigenvalue weighted by molar-refractivity contribution is 5.74. The van der Waals surface area contributed by atoms with Crippen LogP contribution in [0.5, 0.6) is 0 Å². The molecule has 0 aliphatic carbocycles. The molecular formula is C16H17FN4. The standard InChI is InChI=1S/C16H17FN4/c1-9-4-6-12(8-13(9)17)11(3)21-15-14(20-16(21)18)7-5-10(2)19-15/h4-8,11H,1-3H3,(H2,18,20). The lowest BCUT2D eigenvalue weighted by Gasteiger charge is -2.16. The van der Waals surface area contributed by atoms with Gasteiger partial charge in [-0.25, -0.2) is 14.4 Å². The number of rotatable bonds is 2. The van der Waals surface area contributed by atoms with Gasteiger partial charge in [-0.2, -0.15) is 0 Å². The number of hydrogen-bond acceptors (Lipinski definition) is 3. The van der Waals surface area contributed by atoms with E-state index in [-0.39, 0.29) is 11.9 Å². The SMILES string of the molecule is Cc1ccc2nc(N)n(C(C)c3ccc(C)c(F)c3)c2n1. The van der Waals surface area contributed by atoms with Gasteiger partial charge in [0.05, 0.1) is 6.04 Å². The Morgan fingerprint density at radius 1 is 1.14 bits per heavy atom. The van der Waals surface area contributed by atoms with Crippen molar-refractivity contribution in [3.63, 3.8) is 0 Å². The molecule has 1 atom stereocenters. The molecule has 0 radical (unpaired) electrons. The Morgan fingerprint density at radius 3 is 2.62 bits per heavy atom. The lowest BCUT2D eigenvalue weighted by Crippen LogP contribution is -2.11. The van der Waals surface area contributed by atoms with Gasteiger partial charge < -0.3 is 5.73 Å². The van der Waals surface area contributed by atoms with Gasteiger partial charge in [0.2, 0.25) is 5.95 Å². The van der Waals surface area contributed by atoms with Gasteiger partial charge in [-0.1, -0.05) is 12.1 Å². The molecule has 0 amide bonds. The molecule has 21 heavy (non-hydrogen) atoms. The predicted octanol–water partition coefficient (Wildman–Crippen LogP) is 3.38. The Hall–Kier alpha value is -2.43. The lowest BCUT2D eigenvalue weighted by molar-refractivity contribution is 0.603. The van der Waals surface area contributed by atoms with Crippen LogP contribution in [0.25, 0.3) is 11.2 Å². The highest BCUT2D eigenvalue weighted by atomic mass is 19.1. The average molecular weight is 284 g/mol. The molecule has 2 aromatic heterocycles. The first-order valence-corrected chi connectivity index (χ1v) is 6.84. The topological polar surface area (TPSA) is 56.7 Å². The fourth-order valence-electron chi connectivity index (χ4n) is 2.49. The van der Waals surface area contributed by atoms with E-state index in [9.17, 15) is 4.39 Å². The molecule has 5 heteroatoms. The molecule has 3 aromatic rings. The smallest absolute Gasteiger partial charge is 0.203 e. The van der Waals surface area contributed by atoms with Crippen molar-refractivity contribution in [2.45, 2.75) is 26.8 Å². The molecule has 0 spiro atoms. The van der Waals surface area contributed by atoms with Gasteiger partial charge in [-0.05, 0) is 50.1 Å². The summed E-state index contributed by atoms with van der Waals surface area (Å²) in [5, 5.41) is 0. The number of aromatic nitrogens is 3. The van der Waals surface area contributed by atoms with Crippen LogP contribution in [0.4, 0.5) is 10.3 Å². The molecular weight excluding hydrogens is 267 g/mol. The first kappa shape index (κ1) is 13.5. The number of halogens is 1. The molecule has 4 nitrogen and oxygen atoms in total. The molecule has 2 N–H and O–H groups in total. The molecule has 3 rings (SSSR count). The number of nitrogens with two attached hydrogens (primary N) is 1. The largest absolute Gasteiger partial charge is 0.369 e. The van der Waals surface area contributed by atoms with Crippen molar-refractivity contribution in [2.75, 3.05) is 5.73 Å². The number of anilines is 1. The van der Waals surface area contributed by atoms with Gasteiger partial charge in [-0.3, -0.25) is 4.57 Å². The molecule has 1 unspecified atom stereocenters. The highest BCUT2D eigenvalue weighted by Gasteiger charge is 2.17. The zero-order valence-corrected chi connectivity index (χ0v) is 12.3. The van der Waals surface area contributed by atoms with Gasteiger partial charge in [0.25, 0.3) is 0 Å². The summed E-state index contributed by atoms with van der Waals surface area (Å²) in [7, 11) is 0. The van der Waals surface area contributed by atoms with Gasteiger partial charge in [0.15, 0.2) is 5.65 Å². The third kappa shape index (κ3) is 2.24. The third-order valence-corrected chi connectivity index (χ3v) is 3.77. The maximum atomic E-state index is 13.8. The second kappa shape index (κ2) is 4.84. The monoisotopic (exact) mass is 284 g/mol. The zero-order chi connectivity index (χ0) is 15.1. The third-order valence-electron chi connectivity index (χ3n) is 3.77. The minimum absolute atomic E-state index is 0.139. The Labute approximate surface area is 122 Å². The van der Waals surface area contributed by atoms with Crippen LogP contribution in [0, 0.1) is 19.7 Å². The molecule has 108 valence electrons. The fraction of sp³-hybridized carbons (Fsp3) is 0.250. The normalized spacial score (nSPS) is 12.8. The molecule has 0 saturated carbocycles. The van der Waals surface area contributed by atoms with Crippen molar-refractivity contribution >= 4 is 17.1 Å². The van der Waals surface area contributed by atoms with Crippen molar-refractivity contribution in [1.82, 2.24) is 14.5 Å². The number of nitrogen functional groups attached to an aromatic ring is 1. The predicted molar refractivity (Wildman–Crippen MR) is 81.6 cm³/mol. The number of pyridine rings is 1.